The monoisotopic (exact) mass is 533 g/mol. The maximum atomic E-state index is 13.0. The summed E-state index contributed by atoms with van der Waals surface area (Å²) in [5.41, 5.74) is 1.42. The van der Waals surface area contributed by atoms with Crippen molar-refractivity contribution in [1.82, 2.24) is 29.5 Å². The molecule has 2 N–H and O–H groups in total. The average molecular weight is 534 g/mol. The minimum Gasteiger partial charge on any atom is -0.389 e. The summed E-state index contributed by atoms with van der Waals surface area (Å²) in [5.74, 6) is 0.198. The van der Waals surface area contributed by atoms with E-state index < -0.39 is 5.60 Å². The first-order valence-corrected chi connectivity index (χ1v) is 14.1. The standard InChI is InChI=1S/C29H39N7O3/c1-19-16-35(17-20(2)33(19)4)21-6-5-7-22(14-21)36-25-24(26(37)31-18-30-25)23(32-36)15-29(39)10-12-34(13-11-29)27(38)28(3)8-9-28/h5-7,14,18-20,39H,8-13,15-17H2,1-4H3,(H,30,31,37). The Balaban J connectivity index is 1.28. The van der Waals surface area contributed by atoms with Crippen molar-refractivity contribution in [3.05, 3.63) is 46.6 Å². The van der Waals surface area contributed by atoms with Crippen molar-refractivity contribution in [1.29, 1.82) is 0 Å². The zero-order valence-electron chi connectivity index (χ0n) is 23.4. The average Bonchev–Trinajstić information content (AvgIpc) is 3.57. The molecule has 3 aromatic rings. The highest BCUT2D eigenvalue weighted by atomic mass is 16.3. The lowest BCUT2D eigenvalue weighted by atomic mass is 9.86. The second-order valence-corrected chi connectivity index (χ2v) is 12.3. The Labute approximate surface area is 228 Å². The molecule has 3 aliphatic rings. The maximum Gasteiger partial charge on any atom is 0.262 e. The summed E-state index contributed by atoms with van der Waals surface area (Å²) in [5, 5.41) is 16.8. The van der Waals surface area contributed by atoms with Crippen molar-refractivity contribution in [2.45, 2.75) is 70.6 Å². The molecule has 4 heterocycles. The molecule has 3 fully saturated rings. The van der Waals surface area contributed by atoms with E-state index in [9.17, 15) is 14.7 Å². The van der Waals surface area contributed by atoms with Crippen LogP contribution >= 0.6 is 0 Å². The van der Waals surface area contributed by atoms with Crippen molar-refractivity contribution in [2.75, 3.05) is 38.1 Å². The van der Waals surface area contributed by atoms with Gasteiger partial charge in [0.1, 0.15) is 5.39 Å². The maximum absolute atomic E-state index is 13.0. The topological polar surface area (TPSA) is 111 Å². The summed E-state index contributed by atoms with van der Waals surface area (Å²) in [6, 6.07) is 9.07. The van der Waals surface area contributed by atoms with Crippen LogP contribution in [0.3, 0.4) is 0 Å². The molecule has 0 radical (unpaired) electrons. The van der Waals surface area contributed by atoms with Gasteiger partial charge in [0.2, 0.25) is 5.91 Å². The van der Waals surface area contributed by atoms with E-state index in [-0.39, 0.29) is 23.3 Å². The van der Waals surface area contributed by atoms with Crippen LogP contribution in [0.2, 0.25) is 0 Å². The third kappa shape index (κ3) is 4.74. The number of hydrogen-bond acceptors (Lipinski definition) is 7. The summed E-state index contributed by atoms with van der Waals surface area (Å²) in [7, 11) is 2.17. The lowest BCUT2D eigenvalue weighted by Crippen LogP contribution is -2.55. The van der Waals surface area contributed by atoms with Gasteiger partial charge in [-0.25, -0.2) is 9.67 Å². The quantitative estimate of drug-likeness (QED) is 0.518. The summed E-state index contributed by atoms with van der Waals surface area (Å²) in [4.78, 5) is 39.6. The highest BCUT2D eigenvalue weighted by Gasteiger charge is 2.48. The SMILES string of the molecule is CC1CN(c2cccc(-n3nc(CC4(O)CCN(C(=O)C5(C)CC5)CC4)c4c(=O)[nH]cnc43)c2)CC(C)N1C. The van der Waals surface area contributed by atoms with Crippen LogP contribution in [0.25, 0.3) is 16.7 Å². The fourth-order valence-corrected chi connectivity index (χ4v) is 6.17. The summed E-state index contributed by atoms with van der Waals surface area (Å²) in [6.07, 6.45) is 4.43. The van der Waals surface area contributed by atoms with Crippen molar-refractivity contribution in [3.63, 3.8) is 0 Å². The highest BCUT2D eigenvalue weighted by Crippen LogP contribution is 2.47. The number of likely N-dealkylation sites (N-methyl/N-ethyl adjacent to an activating group) is 1. The van der Waals surface area contributed by atoms with Crippen LogP contribution in [-0.4, -0.2) is 91.5 Å². The fourth-order valence-electron chi connectivity index (χ4n) is 6.17. The molecule has 2 aromatic heterocycles. The largest absolute Gasteiger partial charge is 0.389 e. The molecule has 2 saturated heterocycles. The van der Waals surface area contributed by atoms with Crippen molar-refractivity contribution < 1.29 is 9.90 Å². The van der Waals surface area contributed by atoms with E-state index in [1.165, 1.54) is 6.33 Å². The van der Waals surface area contributed by atoms with Crippen LogP contribution < -0.4 is 10.5 Å². The van der Waals surface area contributed by atoms with Gasteiger partial charge < -0.3 is 19.9 Å². The van der Waals surface area contributed by atoms with Gasteiger partial charge in [0.15, 0.2) is 5.65 Å². The van der Waals surface area contributed by atoms with E-state index in [0.717, 1.165) is 37.3 Å². The first-order valence-electron chi connectivity index (χ1n) is 14.1. The van der Waals surface area contributed by atoms with Crippen LogP contribution in [0.5, 0.6) is 0 Å². The molecule has 0 bridgehead atoms. The van der Waals surface area contributed by atoms with Gasteiger partial charge >= 0.3 is 0 Å². The number of hydrogen-bond donors (Lipinski definition) is 2. The van der Waals surface area contributed by atoms with E-state index >= 15 is 0 Å². The zero-order valence-corrected chi connectivity index (χ0v) is 23.4. The van der Waals surface area contributed by atoms with Gasteiger partial charge in [0, 0.05) is 55.8 Å². The molecule has 10 nitrogen and oxygen atoms in total. The van der Waals surface area contributed by atoms with Gasteiger partial charge in [-0.2, -0.15) is 5.10 Å². The summed E-state index contributed by atoms with van der Waals surface area (Å²) < 4.78 is 1.72. The molecule has 10 heteroatoms. The number of aromatic amines is 1. The third-order valence-electron chi connectivity index (χ3n) is 9.34. The number of anilines is 1. The van der Waals surface area contributed by atoms with Crippen molar-refractivity contribution in [3.8, 4) is 5.69 Å². The molecule has 6 rings (SSSR count). The molecule has 208 valence electrons. The predicted molar refractivity (Wildman–Crippen MR) is 150 cm³/mol. The zero-order chi connectivity index (χ0) is 27.5. The number of H-pyrrole nitrogens is 1. The number of aliphatic hydroxyl groups is 1. The number of benzene rings is 1. The van der Waals surface area contributed by atoms with Gasteiger partial charge in [-0.05, 0) is 64.8 Å². The van der Waals surface area contributed by atoms with E-state index in [1.54, 1.807) is 4.68 Å². The van der Waals surface area contributed by atoms with Crippen LogP contribution in [0.4, 0.5) is 5.69 Å². The number of nitrogens with one attached hydrogen (secondary N) is 1. The lowest BCUT2D eigenvalue weighted by molar-refractivity contribution is -0.140. The van der Waals surface area contributed by atoms with E-state index in [2.05, 4.69) is 52.8 Å². The first-order chi connectivity index (χ1) is 18.6. The molecule has 0 spiro atoms. The van der Waals surface area contributed by atoms with Crippen LogP contribution in [0, 0.1) is 5.41 Å². The number of aromatic nitrogens is 4. The van der Waals surface area contributed by atoms with Gasteiger partial charge in [0.05, 0.1) is 23.3 Å². The number of piperazine rings is 1. The van der Waals surface area contributed by atoms with E-state index in [4.69, 9.17) is 5.10 Å². The van der Waals surface area contributed by atoms with Gasteiger partial charge in [0.25, 0.3) is 5.56 Å². The van der Waals surface area contributed by atoms with Crippen LogP contribution in [0.1, 0.15) is 52.1 Å². The molecule has 1 saturated carbocycles. The number of carbonyl (C=O) groups excluding carboxylic acids is 1. The summed E-state index contributed by atoms with van der Waals surface area (Å²) in [6.45, 7) is 9.40. The Kier molecular flexibility index (Phi) is 6.30. The number of amides is 1. The van der Waals surface area contributed by atoms with Gasteiger partial charge in [-0.1, -0.05) is 13.0 Å². The Morgan fingerprint density at radius 2 is 1.77 bits per heavy atom. The smallest absolute Gasteiger partial charge is 0.262 e. The Bertz CT molecular complexity index is 1440. The molecule has 39 heavy (non-hydrogen) atoms. The summed E-state index contributed by atoms with van der Waals surface area (Å²) >= 11 is 0. The van der Waals surface area contributed by atoms with E-state index in [0.29, 0.717) is 54.7 Å². The molecular formula is C29H39N7O3. The van der Waals surface area contributed by atoms with Gasteiger partial charge in [-0.15, -0.1) is 0 Å². The number of piperidine rings is 1. The number of likely N-dealkylation sites (tertiary alicyclic amines) is 1. The molecule has 2 unspecified atom stereocenters. The number of carbonyl (C=O) groups is 1. The van der Waals surface area contributed by atoms with Gasteiger partial charge in [-0.3, -0.25) is 14.5 Å². The Morgan fingerprint density at radius 3 is 2.44 bits per heavy atom. The number of nitrogens with zero attached hydrogens (tertiary/aromatic N) is 6. The normalized spacial score (nSPS) is 24.7. The van der Waals surface area contributed by atoms with Crippen molar-refractivity contribution in [2.24, 2.45) is 5.41 Å². The molecule has 1 aliphatic carbocycles. The third-order valence-corrected chi connectivity index (χ3v) is 9.34. The second kappa shape index (κ2) is 9.45. The lowest BCUT2D eigenvalue weighted by Gasteiger charge is -2.43. The number of rotatable bonds is 5. The predicted octanol–water partition coefficient (Wildman–Crippen LogP) is 2.33. The second-order valence-electron chi connectivity index (χ2n) is 12.3. The Morgan fingerprint density at radius 1 is 1.10 bits per heavy atom. The van der Waals surface area contributed by atoms with Crippen LogP contribution in [-0.2, 0) is 11.2 Å². The van der Waals surface area contributed by atoms with Crippen molar-refractivity contribution >= 4 is 22.6 Å². The minimum atomic E-state index is -1.04. The molecule has 1 aromatic carbocycles. The van der Waals surface area contributed by atoms with Crippen LogP contribution in [0.15, 0.2) is 35.4 Å². The molecule has 1 amide bonds. The molecule has 2 atom stereocenters. The van der Waals surface area contributed by atoms with E-state index in [1.807, 2.05) is 24.0 Å². The molecule has 2 aliphatic heterocycles. The minimum absolute atomic E-state index is 0.198. The highest BCUT2D eigenvalue weighted by molar-refractivity contribution is 5.85. The fraction of sp³-hybridized carbons (Fsp3) is 0.586. The first kappa shape index (κ1) is 26.0. The number of fused-ring (bicyclic) bond motifs is 1. The molecular weight excluding hydrogens is 494 g/mol. The Hall–Kier alpha value is -3.24.